The molecule has 2 rings (SSSR count). The predicted octanol–water partition coefficient (Wildman–Crippen LogP) is 2.74. The highest BCUT2D eigenvalue weighted by Gasteiger charge is 2.22. The Hall–Kier alpha value is -1.82. The fraction of sp³-hybridized carbons (Fsp3) is 0.286. The Morgan fingerprint density at radius 2 is 2.00 bits per heavy atom. The third-order valence-electron chi connectivity index (χ3n) is 2.96. The van der Waals surface area contributed by atoms with E-state index < -0.39 is 0 Å². The number of halogens is 1. The fourth-order valence-electron chi connectivity index (χ4n) is 2.04. The number of carbonyl (C=O) groups is 1. The molecule has 1 aromatic heterocycles. The number of methoxy groups -OCH3 is 2. The average molecular weight is 339 g/mol. The van der Waals surface area contributed by atoms with Crippen molar-refractivity contribution in [2.75, 3.05) is 14.2 Å². The fourth-order valence-corrected chi connectivity index (χ4v) is 2.70. The Bertz CT molecular complexity index is 665. The molecule has 0 saturated heterocycles. The maximum absolute atomic E-state index is 12.6. The Morgan fingerprint density at radius 1 is 1.30 bits per heavy atom. The first-order valence-electron chi connectivity index (χ1n) is 5.95. The number of carbonyl (C=O) groups excluding carboxylic acids is 1. The standard InChI is InChI=1S/C14H15BrN2O3/c1-8-7-10(17(2)16-8)13(18)9-5-6-11(19-3)12(15)14(9)20-4/h5-7H,1-4H3. The number of benzene rings is 1. The Kier molecular flexibility index (Phi) is 4.13. The minimum atomic E-state index is -0.145. The Labute approximate surface area is 125 Å². The normalized spacial score (nSPS) is 10.4. The molecule has 0 spiro atoms. The molecule has 0 unspecified atom stereocenters. The first kappa shape index (κ1) is 14.6. The molecule has 0 saturated carbocycles. The summed E-state index contributed by atoms with van der Waals surface area (Å²) in [4.78, 5) is 12.6. The van der Waals surface area contributed by atoms with Crippen LogP contribution in [0.25, 0.3) is 0 Å². The monoisotopic (exact) mass is 338 g/mol. The lowest BCUT2D eigenvalue weighted by Crippen LogP contribution is -2.10. The van der Waals surface area contributed by atoms with Crippen LogP contribution in [0.2, 0.25) is 0 Å². The molecule has 0 fully saturated rings. The molecule has 0 aliphatic carbocycles. The van der Waals surface area contributed by atoms with E-state index in [1.807, 2.05) is 6.92 Å². The van der Waals surface area contributed by atoms with Crippen molar-refractivity contribution in [2.45, 2.75) is 6.92 Å². The van der Waals surface area contributed by atoms with Gasteiger partial charge in [-0.15, -0.1) is 0 Å². The summed E-state index contributed by atoms with van der Waals surface area (Å²) in [5, 5.41) is 4.19. The molecule has 5 nitrogen and oxygen atoms in total. The molecule has 0 bridgehead atoms. The summed E-state index contributed by atoms with van der Waals surface area (Å²) in [7, 11) is 4.82. The molecule has 20 heavy (non-hydrogen) atoms. The number of hydrogen-bond acceptors (Lipinski definition) is 4. The van der Waals surface area contributed by atoms with Gasteiger partial charge in [0, 0.05) is 7.05 Å². The second-order valence-electron chi connectivity index (χ2n) is 4.29. The van der Waals surface area contributed by atoms with Gasteiger partial charge in [-0.3, -0.25) is 9.48 Å². The Morgan fingerprint density at radius 3 is 2.50 bits per heavy atom. The lowest BCUT2D eigenvalue weighted by molar-refractivity contribution is 0.102. The van der Waals surface area contributed by atoms with E-state index in [2.05, 4.69) is 21.0 Å². The Balaban J connectivity index is 2.55. The summed E-state index contributed by atoms with van der Waals surface area (Å²) in [5.74, 6) is 0.918. The summed E-state index contributed by atoms with van der Waals surface area (Å²) in [6.07, 6.45) is 0. The lowest BCUT2D eigenvalue weighted by Gasteiger charge is -2.12. The van der Waals surface area contributed by atoms with Crippen molar-refractivity contribution in [3.05, 3.63) is 39.6 Å². The van der Waals surface area contributed by atoms with Crippen molar-refractivity contribution in [1.82, 2.24) is 9.78 Å². The van der Waals surface area contributed by atoms with Crippen molar-refractivity contribution in [2.24, 2.45) is 7.05 Å². The molecule has 0 radical (unpaired) electrons. The zero-order valence-corrected chi connectivity index (χ0v) is 13.3. The van der Waals surface area contributed by atoms with Gasteiger partial charge in [0.1, 0.15) is 21.7 Å². The van der Waals surface area contributed by atoms with Crippen molar-refractivity contribution >= 4 is 21.7 Å². The second-order valence-corrected chi connectivity index (χ2v) is 5.08. The van der Waals surface area contributed by atoms with Gasteiger partial charge in [0.2, 0.25) is 5.78 Å². The van der Waals surface area contributed by atoms with Gasteiger partial charge in [0.15, 0.2) is 0 Å². The van der Waals surface area contributed by atoms with Crippen molar-refractivity contribution in [3.8, 4) is 11.5 Å². The van der Waals surface area contributed by atoms with Gasteiger partial charge in [-0.25, -0.2) is 0 Å². The number of ketones is 1. The molecule has 0 amide bonds. The number of aromatic nitrogens is 2. The number of rotatable bonds is 4. The van der Waals surface area contributed by atoms with E-state index in [9.17, 15) is 4.79 Å². The van der Waals surface area contributed by atoms with Crippen LogP contribution in [-0.4, -0.2) is 29.8 Å². The van der Waals surface area contributed by atoms with Gasteiger partial charge in [0.25, 0.3) is 0 Å². The largest absolute Gasteiger partial charge is 0.495 e. The average Bonchev–Trinajstić information content (AvgIpc) is 2.76. The second kappa shape index (κ2) is 5.66. The van der Waals surface area contributed by atoms with Gasteiger partial charge in [-0.1, -0.05) is 0 Å². The quantitative estimate of drug-likeness (QED) is 0.804. The maximum atomic E-state index is 12.6. The third-order valence-corrected chi connectivity index (χ3v) is 3.72. The van der Waals surface area contributed by atoms with E-state index in [0.29, 0.717) is 27.2 Å². The van der Waals surface area contributed by atoms with E-state index in [4.69, 9.17) is 9.47 Å². The van der Waals surface area contributed by atoms with Gasteiger partial charge < -0.3 is 9.47 Å². The van der Waals surface area contributed by atoms with Crippen molar-refractivity contribution in [3.63, 3.8) is 0 Å². The highest BCUT2D eigenvalue weighted by Crippen LogP contribution is 2.37. The molecule has 0 aliphatic rings. The molecule has 1 heterocycles. The molecule has 0 N–H and O–H groups in total. The number of nitrogens with zero attached hydrogens (tertiary/aromatic N) is 2. The number of aryl methyl sites for hydroxylation is 2. The van der Waals surface area contributed by atoms with E-state index >= 15 is 0 Å². The zero-order valence-electron chi connectivity index (χ0n) is 11.7. The molecule has 106 valence electrons. The van der Waals surface area contributed by atoms with Crippen molar-refractivity contribution in [1.29, 1.82) is 0 Å². The summed E-state index contributed by atoms with van der Waals surface area (Å²) in [6.45, 7) is 1.85. The predicted molar refractivity (Wildman–Crippen MR) is 78.6 cm³/mol. The first-order valence-corrected chi connectivity index (χ1v) is 6.74. The minimum absolute atomic E-state index is 0.145. The molecule has 1 aromatic carbocycles. The lowest BCUT2D eigenvalue weighted by atomic mass is 10.1. The van der Waals surface area contributed by atoms with Gasteiger partial charge in [0.05, 0.1) is 25.5 Å². The van der Waals surface area contributed by atoms with Crippen LogP contribution in [-0.2, 0) is 7.05 Å². The first-order chi connectivity index (χ1) is 9.49. The summed E-state index contributed by atoms with van der Waals surface area (Å²) >= 11 is 3.39. The topological polar surface area (TPSA) is 53.3 Å². The van der Waals surface area contributed by atoms with Gasteiger partial charge >= 0.3 is 0 Å². The van der Waals surface area contributed by atoms with Crippen molar-refractivity contribution < 1.29 is 14.3 Å². The van der Waals surface area contributed by atoms with Crippen LogP contribution in [0.1, 0.15) is 21.7 Å². The minimum Gasteiger partial charge on any atom is -0.495 e. The number of ether oxygens (including phenoxy) is 2. The highest BCUT2D eigenvalue weighted by molar-refractivity contribution is 9.10. The van der Waals surface area contributed by atoms with Gasteiger partial charge in [-0.2, -0.15) is 5.10 Å². The van der Waals surface area contributed by atoms with Crippen LogP contribution in [0.15, 0.2) is 22.7 Å². The van der Waals surface area contributed by atoms with Crippen LogP contribution in [0.5, 0.6) is 11.5 Å². The maximum Gasteiger partial charge on any atom is 0.214 e. The molecule has 2 aromatic rings. The molecule has 0 atom stereocenters. The van der Waals surface area contributed by atoms with Gasteiger partial charge in [-0.05, 0) is 41.1 Å². The van der Waals surface area contributed by atoms with Crippen LogP contribution in [0.4, 0.5) is 0 Å². The van der Waals surface area contributed by atoms with E-state index in [0.717, 1.165) is 5.69 Å². The van der Waals surface area contributed by atoms with E-state index in [1.165, 1.54) is 7.11 Å². The summed E-state index contributed by atoms with van der Waals surface area (Å²) in [6, 6.07) is 5.16. The third kappa shape index (κ3) is 2.43. The molecular weight excluding hydrogens is 324 g/mol. The van der Waals surface area contributed by atoms with Crippen LogP contribution < -0.4 is 9.47 Å². The SMILES string of the molecule is COc1ccc(C(=O)c2cc(C)nn2C)c(OC)c1Br. The van der Waals surface area contributed by atoms with E-state index in [-0.39, 0.29) is 5.78 Å². The highest BCUT2D eigenvalue weighted by atomic mass is 79.9. The summed E-state index contributed by atoms with van der Waals surface area (Å²) in [5.41, 5.74) is 1.77. The molecule has 0 aliphatic heterocycles. The van der Waals surface area contributed by atoms with Crippen LogP contribution >= 0.6 is 15.9 Å². The zero-order chi connectivity index (χ0) is 14.9. The summed E-state index contributed by atoms with van der Waals surface area (Å²) < 4.78 is 12.7. The number of hydrogen-bond donors (Lipinski definition) is 0. The molecule has 6 heteroatoms. The van der Waals surface area contributed by atoms with Crippen LogP contribution in [0.3, 0.4) is 0 Å². The van der Waals surface area contributed by atoms with Crippen LogP contribution in [0, 0.1) is 6.92 Å². The van der Waals surface area contributed by atoms with E-state index in [1.54, 1.807) is 37.0 Å². The smallest absolute Gasteiger partial charge is 0.214 e. The molecular formula is C14H15BrN2O3.